The standard InChI is InChI=1S/C17H21N3O3S/c1-14-5-2-6-15(11-14)13-24(21,22)20-10-3-7-16(12-20)23-17-18-8-4-9-19-17/h2,4-6,8-9,11,16H,3,7,10,12-13H2,1H3. The molecule has 1 aromatic carbocycles. The minimum absolute atomic E-state index is 0.0171. The van der Waals surface area contributed by atoms with E-state index in [9.17, 15) is 8.42 Å². The van der Waals surface area contributed by atoms with Crippen LogP contribution >= 0.6 is 0 Å². The summed E-state index contributed by atoms with van der Waals surface area (Å²) in [5.41, 5.74) is 1.87. The molecule has 1 aliphatic rings. The molecule has 0 radical (unpaired) electrons. The third kappa shape index (κ3) is 4.30. The van der Waals surface area contributed by atoms with Gasteiger partial charge in [-0.15, -0.1) is 0 Å². The predicted octanol–water partition coefficient (Wildman–Crippen LogP) is 2.16. The fourth-order valence-corrected chi connectivity index (χ4v) is 4.44. The van der Waals surface area contributed by atoms with Crippen LogP contribution in [-0.2, 0) is 15.8 Å². The van der Waals surface area contributed by atoms with E-state index in [-0.39, 0.29) is 11.9 Å². The zero-order valence-corrected chi connectivity index (χ0v) is 14.4. The van der Waals surface area contributed by atoms with Crippen molar-refractivity contribution in [3.8, 4) is 6.01 Å². The van der Waals surface area contributed by atoms with Gasteiger partial charge >= 0.3 is 6.01 Å². The second-order valence-corrected chi connectivity index (χ2v) is 7.99. The summed E-state index contributed by atoms with van der Waals surface area (Å²) in [5.74, 6) is 0.0171. The molecule has 0 amide bonds. The molecule has 1 saturated heterocycles. The van der Waals surface area contributed by atoms with Crippen molar-refractivity contribution in [2.75, 3.05) is 13.1 Å². The minimum Gasteiger partial charge on any atom is -0.459 e. The number of piperidine rings is 1. The first kappa shape index (κ1) is 16.9. The summed E-state index contributed by atoms with van der Waals surface area (Å²) in [4.78, 5) is 8.07. The van der Waals surface area contributed by atoms with E-state index in [0.29, 0.717) is 19.1 Å². The summed E-state index contributed by atoms with van der Waals surface area (Å²) in [6, 6.07) is 9.61. The topological polar surface area (TPSA) is 72.4 Å². The molecule has 2 heterocycles. The summed E-state index contributed by atoms with van der Waals surface area (Å²) >= 11 is 0. The molecule has 2 aromatic rings. The van der Waals surface area contributed by atoms with Crippen LogP contribution in [0.2, 0.25) is 0 Å². The van der Waals surface area contributed by atoms with Crippen LogP contribution in [0, 0.1) is 6.92 Å². The van der Waals surface area contributed by atoms with E-state index in [4.69, 9.17) is 4.74 Å². The number of ether oxygens (including phenoxy) is 1. The van der Waals surface area contributed by atoms with E-state index in [1.54, 1.807) is 18.5 Å². The molecule has 1 aromatic heterocycles. The maximum Gasteiger partial charge on any atom is 0.316 e. The Bertz CT molecular complexity index is 781. The summed E-state index contributed by atoms with van der Waals surface area (Å²) in [6.07, 6.45) is 4.57. The summed E-state index contributed by atoms with van der Waals surface area (Å²) in [5, 5.41) is 0. The highest BCUT2D eigenvalue weighted by Crippen LogP contribution is 2.20. The van der Waals surface area contributed by atoms with Gasteiger partial charge in [-0.1, -0.05) is 29.8 Å². The number of aryl methyl sites for hydroxylation is 1. The number of rotatable bonds is 5. The second kappa shape index (κ2) is 7.27. The Morgan fingerprint density at radius 2 is 2.04 bits per heavy atom. The lowest BCUT2D eigenvalue weighted by Crippen LogP contribution is -2.44. The Hall–Kier alpha value is -1.99. The van der Waals surface area contributed by atoms with E-state index in [2.05, 4.69) is 9.97 Å². The lowest BCUT2D eigenvalue weighted by molar-refractivity contribution is 0.119. The Balaban J connectivity index is 1.67. The molecule has 3 rings (SSSR count). The number of aromatic nitrogens is 2. The van der Waals surface area contributed by atoms with Gasteiger partial charge in [0.25, 0.3) is 0 Å². The zero-order valence-electron chi connectivity index (χ0n) is 13.6. The molecule has 0 saturated carbocycles. The van der Waals surface area contributed by atoms with Crippen molar-refractivity contribution in [1.29, 1.82) is 0 Å². The third-order valence-electron chi connectivity index (χ3n) is 3.98. The van der Waals surface area contributed by atoms with Crippen molar-refractivity contribution in [1.82, 2.24) is 14.3 Å². The number of benzene rings is 1. The minimum atomic E-state index is -3.37. The highest BCUT2D eigenvalue weighted by molar-refractivity contribution is 7.88. The monoisotopic (exact) mass is 347 g/mol. The van der Waals surface area contributed by atoms with Gasteiger partial charge < -0.3 is 4.74 Å². The molecule has 0 aliphatic carbocycles. The van der Waals surface area contributed by atoms with E-state index >= 15 is 0 Å². The van der Waals surface area contributed by atoms with Gasteiger partial charge in [-0.05, 0) is 31.4 Å². The molecule has 7 heteroatoms. The molecule has 0 bridgehead atoms. The van der Waals surface area contributed by atoms with Crippen LogP contribution in [-0.4, -0.2) is 41.9 Å². The molecule has 128 valence electrons. The molecule has 1 aliphatic heterocycles. The summed E-state index contributed by atoms with van der Waals surface area (Å²) < 4.78 is 32.6. The lowest BCUT2D eigenvalue weighted by Gasteiger charge is -2.31. The third-order valence-corrected chi connectivity index (χ3v) is 5.80. The van der Waals surface area contributed by atoms with E-state index in [0.717, 1.165) is 24.0 Å². The van der Waals surface area contributed by atoms with Gasteiger partial charge in [0.05, 0.1) is 12.3 Å². The maximum atomic E-state index is 12.7. The molecule has 1 atom stereocenters. The largest absolute Gasteiger partial charge is 0.459 e. The van der Waals surface area contributed by atoms with Crippen molar-refractivity contribution in [3.63, 3.8) is 0 Å². The van der Waals surface area contributed by atoms with Crippen LogP contribution in [0.3, 0.4) is 0 Å². The number of hydrogen-bond donors (Lipinski definition) is 0. The van der Waals surface area contributed by atoms with Gasteiger partial charge in [0.2, 0.25) is 10.0 Å². The molecule has 6 nitrogen and oxygen atoms in total. The smallest absolute Gasteiger partial charge is 0.316 e. The van der Waals surface area contributed by atoms with Crippen LogP contribution in [0.4, 0.5) is 0 Å². The fourth-order valence-electron chi connectivity index (χ4n) is 2.85. The van der Waals surface area contributed by atoms with Gasteiger partial charge in [-0.2, -0.15) is 4.31 Å². The summed E-state index contributed by atoms with van der Waals surface area (Å²) in [7, 11) is -3.37. The maximum absolute atomic E-state index is 12.7. The van der Waals surface area contributed by atoms with Gasteiger partial charge in [-0.25, -0.2) is 18.4 Å². The molecule has 24 heavy (non-hydrogen) atoms. The van der Waals surface area contributed by atoms with Gasteiger partial charge in [-0.3, -0.25) is 0 Å². The Morgan fingerprint density at radius 3 is 2.79 bits per heavy atom. The Morgan fingerprint density at radius 1 is 1.25 bits per heavy atom. The first-order valence-electron chi connectivity index (χ1n) is 8.00. The van der Waals surface area contributed by atoms with Gasteiger partial charge in [0.1, 0.15) is 6.10 Å². The van der Waals surface area contributed by atoms with Crippen molar-refractivity contribution in [2.45, 2.75) is 31.6 Å². The average molecular weight is 347 g/mol. The van der Waals surface area contributed by atoms with Crippen LogP contribution in [0.15, 0.2) is 42.7 Å². The van der Waals surface area contributed by atoms with Crippen LogP contribution in [0.5, 0.6) is 6.01 Å². The molecule has 0 N–H and O–H groups in total. The van der Waals surface area contributed by atoms with Crippen LogP contribution in [0.25, 0.3) is 0 Å². The molecule has 0 spiro atoms. The Labute approximate surface area is 142 Å². The fraction of sp³-hybridized carbons (Fsp3) is 0.412. The Kier molecular flexibility index (Phi) is 5.11. The zero-order chi connectivity index (χ0) is 17.0. The second-order valence-electron chi connectivity index (χ2n) is 6.02. The lowest BCUT2D eigenvalue weighted by atomic mass is 10.1. The van der Waals surface area contributed by atoms with Crippen molar-refractivity contribution in [2.24, 2.45) is 0 Å². The van der Waals surface area contributed by atoms with E-state index in [1.165, 1.54) is 4.31 Å². The van der Waals surface area contributed by atoms with E-state index in [1.807, 2.05) is 31.2 Å². The predicted molar refractivity (Wildman–Crippen MR) is 91.1 cm³/mol. The number of sulfonamides is 1. The van der Waals surface area contributed by atoms with Crippen LogP contribution in [0.1, 0.15) is 24.0 Å². The highest BCUT2D eigenvalue weighted by Gasteiger charge is 2.30. The van der Waals surface area contributed by atoms with Crippen molar-refractivity contribution >= 4 is 10.0 Å². The van der Waals surface area contributed by atoms with Crippen molar-refractivity contribution in [3.05, 3.63) is 53.9 Å². The quantitative estimate of drug-likeness (QED) is 0.829. The first-order chi connectivity index (χ1) is 11.5. The van der Waals surface area contributed by atoms with Gasteiger partial charge in [0.15, 0.2) is 0 Å². The van der Waals surface area contributed by atoms with Crippen molar-refractivity contribution < 1.29 is 13.2 Å². The molecule has 1 fully saturated rings. The van der Waals surface area contributed by atoms with Crippen LogP contribution < -0.4 is 4.74 Å². The molecule has 1 unspecified atom stereocenters. The molecular formula is C17H21N3O3S. The molecular weight excluding hydrogens is 326 g/mol. The number of nitrogens with zero attached hydrogens (tertiary/aromatic N) is 3. The van der Waals surface area contributed by atoms with E-state index < -0.39 is 10.0 Å². The normalized spacial score (nSPS) is 19.1. The average Bonchev–Trinajstić information content (AvgIpc) is 2.56. The number of hydrogen-bond acceptors (Lipinski definition) is 5. The SMILES string of the molecule is Cc1cccc(CS(=O)(=O)N2CCCC(Oc3ncccn3)C2)c1. The van der Waals surface area contributed by atoms with Gasteiger partial charge in [0, 0.05) is 18.9 Å². The summed E-state index contributed by atoms with van der Waals surface area (Å²) in [6.45, 7) is 2.83. The highest BCUT2D eigenvalue weighted by atomic mass is 32.2. The first-order valence-corrected chi connectivity index (χ1v) is 9.61.